The largest absolute Gasteiger partial charge is 0.508 e. The number of likely N-dealkylation sites (N-methyl/N-ethyl adjacent to an activating group) is 1. The van der Waals surface area contributed by atoms with Gasteiger partial charge in [-0.2, -0.15) is 0 Å². The quantitative estimate of drug-likeness (QED) is 0.325. The molecule has 216 valence electrons. The van der Waals surface area contributed by atoms with Gasteiger partial charge in [0.2, 0.25) is 5.91 Å². The number of aromatic hydroxyl groups is 2. The van der Waals surface area contributed by atoms with Crippen LogP contribution < -0.4 is 5.32 Å². The number of carbonyl (C=O) groups is 3. The molecule has 1 amide bonds. The van der Waals surface area contributed by atoms with Crippen molar-refractivity contribution in [3.63, 3.8) is 0 Å². The van der Waals surface area contributed by atoms with E-state index in [1.54, 1.807) is 48.2 Å². The summed E-state index contributed by atoms with van der Waals surface area (Å²) < 4.78 is 14.9. The topological polar surface area (TPSA) is 110 Å². The number of carbonyl (C=O) groups excluding carboxylic acids is 3. The predicted molar refractivity (Wildman–Crippen MR) is 154 cm³/mol. The zero-order chi connectivity index (χ0) is 29.7. The van der Waals surface area contributed by atoms with Crippen LogP contribution >= 0.6 is 0 Å². The minimum Gasteiger partial charge on any atom is -0.508 e. The van der Waals surface area contributed by atoms with Gasteiger partial charge in [0.1, 0.15) is 17.3 Å². The van der Waals surface area contributed by atoms with Crippen molar-refractivity contribution in [1.29, 1.82) is 0 Å². The Morgan fingerprint density at radius 1 is 0.902 bits per heavy atom. The van der Waals surface area contributed by atoms with E-state index in [1.807, 2.05) is 19.0 Å². The molecule has 0 radical (unpaired) electrons. The molecule has 4 rings (SSSR count). The SMILES string of the molecule is Cc1c(F)cccc1C1[C@@H](C(=O)c2cccc(O)c2)CN(CC(=O)NCCN(C)C)C[C@@H]1C(=O)c1cccc(O)c1. The summed E-state index contributed by atoms with van der Waals surface area (Å²) in [5, 5.41) is 23.0. The smallest absolute Gasteiger partial charge is 0.234 e. The first-order valence-electron chi connectivity index (χ1n) is 13.6. The van der Waals surface area contributed by atoms with E-state index in [1.165, 1.54) is 30.3 Å². The van der Waals surface area contributed by atoms with Gasteiger partial charge >= 0.3 is 0 Å². The van der Waals surface area contributed by atoms with Crippen molar-refractivity contribution in [2.24, 2.45) is 11.8 Å². The van der Waals surface area contributed by atoms with Crippen LogP contribution in [0.15, 0.2) is 66.7 Å². The van der Waals surface area contributed by atoms with Gasteiger partial charge in [-0.05, 0) is 62.5 Å². The van der Waals surface area contributed by atoms with E-state index in [2.05, 4.69) is 5.32 Å². The molecule has 0 unspecified atom stereocenters. The number of Topliss-reactive ketones (excluding diaryl/α,β-unsaturated/α-hetero) is 2. The molecule has 1 fully saturated rings. The standard InChI is InChI=1S/C32H36FN3O5/c1-20-25(11-6-12-28(20)33)30-26(31(40)21-7-4-9-23(37)15-21)17-36(19-29(39)34-13-14-35(2)3)18-27(30)32(41)22-8-5-10-24(38)16-22/h4-12,15-16,26-27,30,37-38H,13-14,17-19H2,1-3H3,(H,34,39)/t26-,27-/m0/s1. The van der Waals surface area contributed by atoms with Gasteiger partial charge in [0.15, 0.2) is 11.6 Å². The van der Waals surface area contributed by atoms with Crippen LogP contribution in [0.3, 0.4) is 0 Å². The van der Waals surface area contributed by atoms with Crippen LogP contribution in [-0.4, -0.2) is 84.3 Å². The fourth-order valence-corrected chi connectivity index (χ4v) is 5.60. The summed E-state index contributed by atoms with van der Waals surface area (Å²) in [5.41, 5.74) is 1.40. The molecule has 0 aliphatic carbocycles. The first kappa shape index (κ1) is 29.9. The van der Waals surface area contributed by atoms with Gasteiger partial charge in [-0.1, -0.05) is 36.4 Å². The van der Waals surface area contributed by atoms with Crippen LogP contribution in [0.4, 0.5) is 4.39 Å². The molecule has 1 aliphatic rings. The van der Waals surface area contributed by atoms with Crippen molar-refractivity contribution >= 4 is 17.5 Å². The number of phenolic OH excluding ortho intramolecular Hbond substituents is 2. The third-order valence-corrected chi connectivity index (χ3v) is 7.63. The summed E-state index contributed by atoms with van der Waals surface area (Å²) in [6.45, 7) is 3.00. The van der Waals surface area contributed by atoms with Crippen molar-refractivity contribution in [3.8, 4) is 11.5 Å². The number of benzene rings is 3. The van der Waals surface area contributed by atoms with Crippen molar-refractivity contribution in [3.05, 3.63) is 94.8 Å². The Kier molecular flexibility index (Phi) is 9.52. The summed E-state index contributed by atoms with van der Waals surface area (Å²) >= 11 is 0. The van der Waals surface area contributed by atoms with Crippen molar-refractivity contribution in [1.82, 2.24) is 15.1 Å². The number of amides is 1. The highest BCUT2D eigenvalue weighted by Gasteiger charge is 2.46. The summed E-state index contributed by atoms with van der Waals surface area (Å²) in [4.78, 5) is 44.8. The van der Waals surface area contributed by atoms with E-state index in [-0.39, 0.29) is 59.7 Å². The zero-order valence-electron chi connectivity index (χ0n) is 23.5. The molecule has 9 heteroatoms. The Morgan fingerprint density at radius 3 is 1.95 bits per heavy atom. The number of likely N-dealkylation sites (tertiary alicyclic amines) is 1. The van der Waals surface area contributed by atoms with Crippen LogP contribution in [0.5, 0.6) is 11.5 Å². The molecule has 0 spiro atoms. The molecule has 41 heavy (non-hydrogen) atoms. The van der Waals surface area contributed by atoms with Gasteiger partial charge in [0.05, 0.1) is 6.54 Å². The van der Waals surface area contributed by atoms with Gasteiger partial charge in [-0.15, -0.1) is 0 Å². The molecule has 0 aromatic heterocycles. The summed E-state index contributed by atoms with van der Waals surface area (Å²) in [7, 11) is 3.81. The fraction of sp³-hybridized carbons (Fsp3) is 0.344. The second-order valence-corrected chi connectivity index (χ2v) is 10.9. The highest BCUT2D eigenvalue weighted by Crippen LogP contribution is 2.42. The van der Waals surface area contributed by atoms with Crippen molar-refractivity contribution in [2.75, 3.05) is 46.8 Å². The minimum absolute atomic E-state index is 0.0318. The third kappa shape index (κ3) is 7.17. The number of rotatable bonds is 10. The molecule has 3 aromatic carbocycles. The Labute approximate surface area is 239 Å². The number of piperidine rings is 1. The molecule has 2 atom stereocenters. The van der Waals surface area contributed by atoms with E-state index in [0.717, 1.165) is 0 Å². The highest BCUT2D eigenvalue weighted by atomic mass is 19.1. The Bertz CT molecular complexity index is 1360. The summed E-state index contributed by atoms with van der Waals surface area (Å²) in [5.74, 6) is -3.84. The number of halogens is 1. The Hall–Kier alpha value is -4.08. The van der Waals surface area contributed by atoms with Gasteiger partial charge in [0.25, 0.3) is 0 Å². The molecule has 0 bridgehead atoms. The lowest BCUT2D eigenvalue weighted by Crippen LogP contribution is -2.53. The molecule has 1 saturated heterocycles. The van der Waals surface area contributed by atoms with Gasteiger partial charge in [-0.3, -0.25) is 19.3 Å². The zero-order valence-corrected chi connectivity index (χ0v) is 23.5. The number of nitrogens with one attached hydrogen (secondary N) is 1. The Balaban J connectivity index is 1.78. The van der Waals surface area contributed by atoms with Crippen molar-refractivity contribution < 1.29 is 29.0 Å². The molecular weight excluding hydrogens is 525 g/mol. The molecule has 3 aromatic rings. The second kappa shape index (κ2) is 13.1. The van der Waals surface area contributed by atoms with Gasteiger partial charge < -0.3 is 20.4 Å². The second-order valence-electron chi connectivity index (χ2n) is 10.9. The third-order valence-electron chi connectivity index (χ3n) is 7.63. The monoisotopic (exact) mass is 561 g/mol. The normalized spacial score (nSPS) is 17.9. The number of phenols is 2. The van der Waals surface area contributed by atoms with Gasteiger partial charge in [0, 0.05) is 55.1 Å². The van der Waals surface area contributed by atoms with Crippen LogP contribution in [0, 0.1) is 24.6 Å². The first-order chi connectivity index (χ1) is 19.5. The van der Waals surface area contributed by atoms with E-state index in [0.29, 0.717) is 24.2 Å². The average Bonchev–Trinajstić information content (AvgIpc) is 2.93. The minimum atomic E-state index is -0.827. The lowest BCUT2D eigenvalue weighted by molar-refractivity contribution is -0.122. The number of hydrogen-bond acceptors (Lipinski definition) is 7. The maximum Gasteiger partial charge on any atom is 0.234 e. The van der Waals surface area contributed by atoms with Gasteiger partial charge in [-0.25, -0.2) is 4.39 Å². The Morgan fingerprint density at radius 2 is 1.44 bits per heavy atom. The van der Waals surface area contributed by atoms with E-state index in [9.17, 15) is 29.0 Å². The first-order valence-corrected chi connectivity index (χ1v) is 13.6. The average molecular weight is 562 g/mol. The molecule has 1 heterocycles. The number of ketones is 2. The highest BCUT2D eigenvalue weighted by molar-refractivity contribution is 6.02. The van der Waals surface area contributed by atoms with Crippen LogP contribution in [0.1, 0.15) is 37.8 Å². The lowest BCUT2D eigenvalue weighted by Gasteiger charge is -2.43. The maximum atomic E-state index is 14.9. The molecular formula is C32H36FN3O5. The fourth-order valence-electron chi connectivity index (χ4n) is 5.60. The van der Waals surface area contributed by atoms with E-state index < -0.39 is 23.6 Å². The summed E-state index contributed by atoms with van der Waals surface area (Å²) in [6, 6.07) is 16.6. The number of nitrogens with zero attached hydrogens (tertiary/aromatic N) is 2. The predicted octanol–water partition coefficient (Wildman–Crippen LogP) is 3.62. The lowest BCUT2D eigenvalue weighted by atomic mass is 9.67. The summed E-state index contributed by atoms with van der Waals surface area (Å²) in [6.07, 6.45) is 0. The van der Waals surface area contributed by atoms with Crippen LogP contribution in [0.25, 0.3) is 0 Å². The van der Waals surface area contributed by atoms with Crippen LogP contribution in [0.2, 0.25) is 0 Å². The molecule has 3 N–H and O–H groups in total. The van der Waals surface area contributed by atoms with Crippen LogP contribution in [-0.2, 0) is 4.79 Å². The van der Waals surface area contributed by atoms with E-state index >= 15 is 0 Å². The number of hydrogen-bond donors (Lipinski definition) is 3. The molecule has 1 aliphatic heterocycles. The maximum absolute atomic E-state index is 14.9. The van der Waals surface area contributed by atoms with Crippen molar-refractivity contribution in [2.45, 2.75) is 12.8 Å². The molecule has 0 saturated carbocycles. The molecule has 8 nitrogen and oxygen atoms in total. The van der Waals surface area contributed by atoms with E-state index in [4.69, 9.17) is 0 Å².